The first-order chi connectivity index (χ1) is 6.24. The summed E-state index contributed by atoms with van der Waals surface area (Å²) in [5, 5.41) is 3.33. The van der Waals surface area contributed by atoms with Gasteiger partial charge < -0.3 is 5.32 Å². The number of rotatable bonds is 4. The molecule has 5 atom stereocenters. The van der Waals surface area contributed by atoms with Crippen molar-refractivity contribution in [3.63, 3.8) is 0 Å². The number of hydrogen-bond acceptors (Lipinski definition) is 1. The van der Waals surface area contributed by atoms with Gasteiger partial charge in [-0.3, -0.25) is 0 Å². The Hall–Kier alpha value is -0.0400. The number of fused-ring (bicyclic) bond motifs is 1. The minimum atomic E-state index is 0.714. The average molecular weight is 181 g/mol. The van der Waals surface area contributed by atoms with Crippen molar-refractivity contribution < 1.29 is 0 Å². The van der Waals surface area contributed by atoms with Crippen molar-refractivity contribution in [3.05, 3.63) is 0 Å². The molecule has 0 aromatic rings. The van der Waals surface area contributed by atoms with Crippen LogP contribution in [0, 0.1) is 23.7 Å². The van der Waals surface area contributed by atoms with Crippen molar-refractivity contribution in [1.29, 1.82) is 0 Å². The van der Waals surface area contributed by atoms with Crippen molar-refractivity contribution in [2.24, 2.45) is 23.7 Å². The van der Waals surface area contributed by atoms with E-state index in [9.17, 15) is 0 Å². The van der Waals surface area contributed by atoms with E-state index in [2.05, 4.69) is 26.2 Å². The maximum atomic E-state index is 3.33. The molecule has 1 N–H and O–H groups in total. The van der Waals surface area contributed by atoms with E-state index >= 15 is 0 Å². The third kappa shape index (κ3) is 1.52. The molecule has 0 aliphatic heterocycles. The molecule has 2 fully saturated rings. The summed E-state index contributed by atoms with van der Waals surface area (Å²) >= 11 is 0. The number of hydrogen-bond donors (Lipinski definition) is 1. The molecular formula is C12H23N. The van der Waals surface area contributed by atoms with Crippen LogP contribution in [0.15, 0.2) is 0 Å². The minimum absolute atomic E-state index is 0.714. The van der Waals surface area contributed by atoms with E-state index in [-0.39, 0.29) is 0 Å². The summed E-state index contributed by atoms with van der Waals surface area (Å²) in [6, 6.07) is 0.714. The van der Waals surface area contributed by atoms with Crippen molar-refractivity contribution in [2.45, 2.75) is 45.6 Å². The van der Waals surface area contributed by atoms with Gasteiger partial charge in [0.15, 0.2) is 0 Å². The molecule has 76 valence electrons. The highest BCUT2D eigenvalue weighted by molar-refractivity contribution is 5.01. The second kappa shape index (κ2) is 3.61. The summed E-state index contributed by atoms with van der Waals surface area (Å²) in [4.78, 5) is 0. The molecule has 3 unspecified atom stereocenters. The van der Waals surface area contributed by atoms with Gasteiger partial charge in [-0.1, -0.05) is 6.92 Å². The highest BCUT2D eigenvalue weighted by atomic mass is 14.8. The lowest BCUT2D eigenvalue weighted by molar-refractivity contribution is -0.0968. The van der Waals surface area contributed by atoms with E-state index in [1.807, 2.05) is 0 Å². The van der Waals surface area contributed by atoms with Crippen LogP contribution in [-0.2, 0) is 0 Å². The Morgan fingerprint density at radius 1 is 1.31 bits per heavy atom. The monoisotopic (exact) mass is 181 g/mol. The van der Waals surface area contributed by atoms with Crippen LogP contribution in [0.2, 0.25) is 0 Å². The van der Waals surface area contributed by atoms with Crippen molar-refractivity contribution in [2.75, 3.05) is 7.05 Å². The predicted molar refractivity (Wildman–Crippen MR) is 56.6 cm³/mol. The molecule has 0 aromatic carbocycles. The second-order valence-corrected chi connectivity index (χ2v) is 5.20. The fourth-order valence-electron chi connectivity index (χ4n) is 3.36. The van der Waals surface area contributed by atoms with Crippen LogP contribution in [0.4, 0.5) is 0 Å². The fourth-order valence-corrected chi connectivity index (χ4v) is 3.36. The Morgan fingerprint density at radius 2 is 2.00 bits per heavy atom. The van der Waals surface area contributed by atoms with Crippen LogP contribution in [0.3, 0.4) is 0 Å². The van der Waals surface area contributed by atoms with Gasteiger partial charge >= 0.3 is 0 Å². The predicted octanol–water partition coefficient (Wildman–Crippen LogP) is 2.67. The second-order valence-electron chi connectivity index (χ2n) is 5.20. The van der Waals surface area contributed by atoms with Crippen LogP contribution in [0.5, 0.6) is 0 Å². The Kier molecular flexibility index (Phi) is 2.64. The molecule has 2 saturated carbocycles. The fraction of sp³-hybridized carbons (Fsp3) is 1.00. The third-order valence-corrected chi connectivity index (χ3v) is 4.71. The van der Waals surface area contributed by atoms with Crippen LogP contribution in [0.1, 0.15) is 39.5 Å². The molecular weight excluding hydrogens is 158 g/mol. The number of nitrogens with one attached hydrogen (secondary N) is 1. The van der Waals surface area contributed by atoms with Gasteiger partial charge in [-0.15, -0.1) is 0 Å². The van der Waals surface area contributed by atoms with E-state index < -0.39 is 0 Å². The van der Waals surface area contributed by atoms with Crippen LogP contribution in [0.25, 0.3) is 0 Å². The molecule has 0 heterocycles. The first kappa shape index (κ1) is 9.51. The molecule has 0 amide bonds. The molecule has 13 heavy (non-hydrogen) atoms. The van der Waals surface area contributed by atoms with Gasteiger partial charge in [0.25, 0.3) is 0 Å². The molecule has 0 radical (unpaired) electrons. The standard InChI is InChI=1S/C12H23N/c1-8(13-3)4-5-10-9(2)11-6-7-12(10)11/h8-13H,4-7H2,1-3H3/t8?,9?,10-,11+,12?/m0/s1. The normalized spacial score (nSPS) is 44.5. The maximum Gasteiger partial charge on any atom is 0.00358 e. The zero-order valence-electron chi connectivity index (χ0n) is 9.22. The average Bonchev–Trinajstić information content (AvgIpc) is 2.09. The molecule has 2 aliphatic carbocycles. The summed E-state index contributed by atoms with van der Waals surface area (Å²) in [7, 11) is 2.07. The van der Waals surface area contributed by atoms with Gasteiger partial charge in [-0.25, -0.2) is 0 Å². The molecule has 0 bridgehead atoms. The van der Waals surface area contributed by atoms with Crippen molar-refractivity contribution >= 4 is 0 Å². The minimum Gasteiger partial charge on any atom is -0.317 e. The quantitative estimate of drug-likeness (QED) is 0.703. The molecule has 0 spiro atoms. The van der Waals surface area contributed by atoms with E-state index in [4.69, 9.17) is 0 Å². The summed E-state index contributed by atoms with van der Waals surface area (Å²) in [5.41, 5.74) is 0. The van der Waals surface area contributed by atoms with E-state index in [1.165, 1.54) is 25.7 Å². The lowest BCUT2D eigenvalue weighted by Crippen LogP contribution is -2.52. The summed E-state index contributed by atoms with van der Waals surface area (Å²) < 4.78 is 0. The maximum absolute atomic E-state index is 3.33. The smallest absolute Gasteiger partial charge is 0.00358 e. The van der Waals surface area contributed by atoms with Gasteiger partial charge in [-0.2, -0.15) is 0 Å². The van der Waals surface area contributed by atoms with Crippen molar-refractivity contribution in [3.8, 4) is 0 Å². The summed E-state index contributed by atoms with van der Waals surface area (Å²) in [6.45, 7) is 4.76. The largest absolute Gasteiger partial charge is 0.317 e. The Morgan fingerprint density at radius 3 is 2.46 bits per heavy atom. The summed E-state index contributed by atoms with van der Waals surface area (Å²) in [5.74, 6) is 4.39. The Labute approximate surface area is 82.3 Å². The molecule has 1 heteroatoms. The highest BCUT2D eigenvalue weighted by Crippen LogP contribution is 2.59. The van der Waals surface area contributed by atoms with Crippen LogP contribution in [-0.4, -0.2) is 13.1 Å². The third-order valence-electron chi connectivity index (χ3n) is 4.71. The topological polar surface area (TPSA) is 12.0 Å². The lowest BCUT2D eigenvalue weighted by Gasteiger charge is -2.59. The highest BCUT2D eigenvalue weighted by Gasteiger charge is 2.51. The first-order valence-corrected chi connectivity index (χ1v) is 5.91. The van der Waals surface area contributed by atoms with Gasteiger partial charge in [0.05, 0.1) is 0 Å². The van der Waals surface area contributed by atoms with E-state index in [0.29, 0.717) is 6.04 Å². The van der Waals surface area contributed by atoms with Crippen molar-refractivity contribution in [1.82, 2.24) is 5.32 Å². The summed E-state index contributed by atoms with van der Waals surface area (Å²) in [6.07, 6.45) is 5.90. The Balaban J connectivity index is 1.70. The van der Waals surface area contributed by atoms with Gasteiger partial charge in [0.2, 0.25) is 0 Å². The zero-order chi connectivity index (χ0) is 9.42. The van der Waals surface area contributed by atoms with Gasteiger partial charge in [0, 0.05) is 6.04 Å². The molecule has 0 aromatic heterocycles. The molecule has 2 aliphatic rings. The van der Waals surface area contributed by atoms with Crippen LogP contribution >= 0.6 is 0 Å². The van der Waals surface area contributed by atoms with Gasteiger partial charge in [0.1, 0.15) is 0 Å². The van der Waals surface area contributed by atoms with Crippen LogP contribution < -0.4 is 5.32 Å². The molecule has 0 saturated heterocycles. The molecule has 1 nitrogen and oxygen atoms in total. The lowest BCUT2D eigenvalue weighted by atomic mass is 9.46. The molecule has 2 rings (SSSR count). The first-order valence-electron chi connectivity index (χ1n) is 5.91. The van der Waals surface area contributed by atoms with E-state index in [0.717, 1.165) is 23.7 Å². The van der Waals surface area contributed by atoms with Gasteiger partial charge in [-0.05, 0) is 63.3 Å². The van der Waals surface area contributed by atoms with E-state index in [1.54, 1.807) is 0 Å². The zero-order valence-corrected chi connectivity index (χ0v) is 9.22. The SMILES string of the molecule is CNC(C)CC[C@H]1C(C)[C@H]2CCC21. The Bertz CT molecular complexity index is 172.